The molecule has 4 rings (SSSR count). The third-order valence-electron chi connectivity index (χ3n) is 3.88. The number of benzene rings is 2. The number of rotatable bonds is 1. The zero-order chi connectivity index (χ0) is 14.4. The maximum atomic E-state index is 12.4. The van der Waals surface area contributed by atoms with Crippen molar-refractivity contribution < 1.29 is 4.42 Å². The van der Waals surface area contributed by atoms with Crippen LogP contribution < -0.4 is 5.63 Å². The molecule has 0 aliphatic rings. The molecule has 0 amide bonds. The summed E-state index contributed by atoms with van der Waals surface area (Å²) in [5, 5.41) is 2.00. The van der Waals surface area contributed by atoms with E-state index in [0.29, 0.717) is 11.3 Å². The second-order valence-corrected chi connectivity index (χ2v) is 5.10. The number of hydrogen-bond donors (Lipinski definition) is 0. The van der Waals surface area contributed by atoms with Crippen LogP contribution in [0.15, 0.2) is 69.9 Å². The first-order valence-electron chi connectivity index (χ1n) is 6.82. The van der Waals surface area contributed by atoms with Gasteiger partial charge in [0, 0.05) is 28.9 Å². The molecule has 0 aliphatic carbocycles. The number of fused-ring (bicyclic) bond motifs is 3. The molecule has 0 atom stereocenters. The zero-order valence-electron chi connectivity index (χ0n) is 11.5. The first-order chi connectivity index (χ1) is 10.3. The molecule has 2 heterocycles. The second kappa shape index (κ2) is 4.35. The summed E-state index contributed by atoms with van der Waals surface area (Å²) in [5.74, 6) is 0.601. The largest absolute Gasteiger partial charge is 0.421 e. The highest BCUT2D eigenvalue weighted by atomic mass is 16.4. The molecule has 4 aromatic rings. The summed E-state index contributed by atoms with van der Waals surface area (Å²) in [6, 6.07) is 19.6. The summed E-state index contributed by atoms with van der Waals surface area (Å²) < 4.78 is 7.40. The van der Waals surface area contributed by atoms with Crippen molar-refractivity contribution in [1.29, 1.82) is 0 Å². The van der Waals surface area contributed by atoms with Crippen LogP contribution in [0, 0.1) is 0 Å². The molecule has 0 aliphatic heterocycles. The SMILES string of the molecule is Cn1c2ccccc2c2cc(-c3ccccc3)oc(=O)c21. The van der Waals surface area contributed by atoms with E-state index in [4.69, 9.17) is 4.42 Å². The van der Waals surface area contributed by atoms with Crippen molar-refractivity contribution in [2.24, 2.45) is 7.05 Å². The van der Waals surface area contributed by atoms with Crippen LogP contribution in [0.1, 0.15) is 0 Å². The van der Waals surface area contributed by atoms with Gasteiger partial charge in [0.15, 0.2) is 0 Å². The molecule has 0 bridgehead atoms. The molecular formula is C18H13NO2. The minimum Gasteiger partial charge on any atom is -0.421 e. The zero-order valence-corrected chi connectivity index (χ0v) is 11.5. The summed E-state index contributed by atoms with van der Waals surface area (Å²) in [7, 11) is 1.89. The molecule has 3 heteroatoms. The van der Waals surface area contributed by atoms with Gasteiger partial charge in [0.05, 0.1) is 0 Å². The van der Waals surface area contributed by atoms with Gasteiger partial charge in [-0.1, -0.05) is 48.5 Å². The Morgan fingerprint density at radius 1 is 0.905 bits per heavy atom. The van der Waals surface area contributed by atoms with Gasteiger partial charge in [-0.2, -0.15) is 0 Å². The van der Waals surface area contributed by atoms with Crippen LogP contribution >= 0.6 is 0 Å². The maximum absolute atomic E-state index is 12.4. The minimum atomic E-state index is -0.301. The van der Waals surface area contributed by atoms with Crippen molar-refractivity contribution in [2.75, 3.05) is 0 Å². The number of nitrogens with zero attached hydrogens (tertiary/aromatic N) is 1. The fourth-order valence-corrected chi connectivity index (χ4v) is 2.87. The highest BCUT2D eigenvalue weighted by Gasteiger charge is 2.14. The van der Waals surface area contributed by atoms with Crippen molar-refractivity contribution in [3.63, 3.8) is 0 Å². The fourth-order valence-electron chi connectivity index (χ4n) is 2.87. The molecule has 102 valence electrons. The van der Waals surface area contributed by atoms with Crippen LogP contribution in [-0.4, -0.2) is 4.57 Å². The van der Waals surface area contributed by atoms with Crippen LogP contribution in [-0.2, 0) is 7.05 Å². The predicted octanol–water partition coefficient (Wildman–Crippen LogP) is 3.95. The Balaban J connectivity index is 2.15. The maximum Gasteiger partial charge on any atom is 0.361 e. The molecular weight excluding hydrogens is 262 g/mol. The van der Waals surface area contributed by atoms with Gasteiger partial charge < -0.3 is 8.98 Å². The lowest BCUT2D eigenvalue weighted by Gasteiger charge is -2.01. The molecule has 0 radical (unpaired) electrons. The quantitative estimate of drug-likeness (QED) is 0.527. The lowest BCUT2D eigenvalue weighted by Crippen LogP contribution is -2.04. The predicted molar refractivity (Wildman–Crippen MR) is 84.4 cm³/mol. The van der Waals surface area contributed by atoms with E-state index < -0.39 is 0 Å². The smallest absolute Gasteiger partial charge is 0.361 e. The van der Waals surface area contributed by atoms with Gasteiger partial charge in [0.2, 0.25) is 0 Å². The summed E-state index contributed by atoms with van der Waals surface area (Å²) in [5.41, 5.74) is 2.25. The number of para-hydroxylation sites is 1. The third-order valence-corrected chi connectivity index (χ3v) is 3.88. The summed E-state index contributed by atoms with van der Waals surface area (Å²) in [4.78, 5) is 12.4. The average molecular weight is 275 g/mol. The molecule has 0 fully saturated rings. The van der Waals surface area contributed by atoms with Crippen LogP contribution in [0.25, 0.3) is 33.1 Å². The second-order valence-electron chi connectivity index (χ2n) is 5.10. The Kier molecular flexibility index (Phi) is 2.48. The van der Waals surface area contributed by atoms with E-state index in [-0.39, 0.29) is 5.63 Å². The Bertz CT molecular complexity index is 1010. The number of hydrogen-bond acceptors (Lipinski definition) is 2. The van der Waals surface area contributed by atoms with Crippen molar-refractivity contribution >= 4 is 21.8 Å². The third kappa shape index (κ3) is 1.71. The first-order valence-corrected chi connectivity index (χ1v) is 6.82. The van der Waals surface area contributed by atoms with Gasteiger partial charge in [0.25, 0.3) is 0 Å². The van der Waals surface area contributed by atoms with Gasteiger partial charge in [0.1, 0.15) is 11.3 Å². The van der Waals surface area contributed by atoms with Crippen LogP contribution in [0.4, 0.5) is 0 Å². The first kappa shape index (κ1) is 12.0. The standard InChI is InChI=1S/C18H13NO2/c1-19-15-10-6-5-9-13(15)14-11-16(21-18(20)17(14)19)12-7-3-2-4-8-12/h2-11H,1H3. The monoisotopic (exact) mass is 275 g/mol. The number of aryl methyl sites for hydroxylation is 1. The van der Waals surface area contributed by atoms with Crippen molar-refractivity contribution in [2.45, 2.75) is 0 Å². The van der Waals surface area contributed by atoms with E-state index in [0.717, 1.165) is 21.9 Å². The van der Waals surface area contributed by atoms with Gasteiger partial charge in [-0.15, -0.1) is 0 Å². The van der Waals surface area contributed by atoms with Crippen LogP contribution in [0.2, 0.25) is 0 Å². The Morgan fingerprint density at radius 3 is 2.43 bits per heavy atom. The number of aromatic nitrogens is 1. The Hall–Kier alpha value is -2.81. The molecule has 2 aromatic carbocycles. The summed E-state index contributed by atoms with van der Waals surface area (Å²) in [6.45, 7) is 0. The van der Waals surface area contributed by atoms with Crippen LogP contribution in [0.5, 0.6) is 0 Å². The van der Waals surface area contributed by atoms with Gasteiger partial charge in [-0.3, -0.25) is 0 Å². The average Bonchev–Trinajstić information content (AvgIpc) is 2.82. The van der Waals surface area contributed by atoms with Crippen molar-refractivity contribution in [1.82, 2.24) is 4.57 Å². The lowest BCUT2D eigenvalue weighted by molar-refractivity contribution is 0.531. The molecule has 0 saturated heterocycles. The van der Waals surface area contributed by atoms with E-state index in [1.165, 1.54) is 0 Å². The minimum absolute atomic E-state index is 0.301. The lowest BCUT2D eigenvalue weighted by atomic mass is 10.1. The van der Waals surface area contributed by atoms with E-state index in [2.05, 4.69) is 0 Å². The Labute approximate surface area is 121 Å². The van der Waals surface area contributed by atoms with Gasteiger partial charge in [-0.25, -0.2) is 4.79 Å². The van der Waals surface area contributed by atoms with Crippen molar-refractivity contribution in [3.8, 4) is 11.3 Å². The van der Waals surface area contributed by atoms with E-state index in [9.17, 15) is 4.79 Å². The molecule has 0 saturated carbocycles. The molecule has 0 spiro atoms. The van der Waals surface area contributed by atoms with Crippen LogP contribution in [0.3, 0.4) is 0 Å². The van der Waals surface area contributed by atoms with Crippen molar-refractivity contribution in [3.05, 3.63) is 71.1 Å². The normalized spacial score (nSPS) is 11.3. The molecule has 2 aromatic heterocycles. The van der Waals surface area contributed by atoms with E-state index >= 15 is 0 Å². The highest BCUT2D eigenvalue weighted by Crippen LogP contribution is 2.29. The molecule has 21 heavy (non-hydrogen) atoms. The topological polar surface area (TPSA) is 35.1 Å². The summed E-state index contributed by atoms with van der Waals surface area (Å²) in [6.07, 6.45) is 0. The Morgan fingerprint density at radius 2 is 1.62 bits per heavy atom. The highest BCUT2D eigenvalue weighted by molar-refractivity contribution is 6.08. The molecule has 0 N–H and O–H groups in total. The molecule has 3 nitrogen and oxygen atoms in total. The van der Waals surface area contributed by atoms with Gasteiger partial charge in [-0.05, 0) is 12.1 Å². The molecule has 0 unspecified atom stereocenters. The fraction of sp³-hybridized carbons (Fsp3) is 0.0556. The summed E-state index contributed by atoms with van der Waals surface area (Å²) >= 11 is 0. The van der Waals surface area contributed by atoms with E-state index in [1.54, 1.807) is 0 Å². The van der Waals surface area contributed by atoms with Gasteiger partial charge >= 0.3 is 5.63 Å². The van der Waals surface area contributed by atoms with E-state index in [1.807, 2.05) is 72.3 Å².